The lowest BCUT2D eigenvalue weighted by molar-refractivity contribution is 0.568. The predicted octanol–water partition coefficient (Wildman–Crippen LogP) is 2.38. The highest BCUT2D eigenvalue weighted by molar-refractivity contribution is 6.32. The molecule has 1 aromatic carbocycles. The lowest BCUT2D eigenvalue weighted by Crippen LogP contribution is -2.24. The molecule has 0 spiro atoms. The van der Waals surface area contributed by atoms with Gasteiger partial charge in [0.15, 0.2) is 0 Å². The van der Waals surface area contributed by atoms with Gasteiger partial charge in [-0.1, -0.05) is 42.8 Å². The van der Waals surface area contributed by atoms with E-state index < -0.39 is 0 Å². The Hall–Kier alpha value is -1.85. The molecule has 0 bridgehead atoms. The Labute approximate surface area is 128 Å². The van der Waals surface area contributed by atoms with Crippen molar-refractivity contribution in [2.24, 2.45) is 5.73 Å². The van der Waals surface area contributed by atoms with Crippen LogP contribution >= 0.6 is 11.6 Å². The average molecular weight is 307 g/mol. The highest BCUT2D eigenvalue weighted by Crippen LogP contribution is 2.16. The van der Waals surface area contributed by atoms with E-state index in [1.807, 2.05) is 31.2 Å². The lowest BCUT2D eigenvalue weighted by atomic mass is 10.1. The number of halogens is 1. The fraction of sp³-hybridized carbons (Fsp3) is 0.333. The number of hydrogen-bond acceptors (Lipinski definition) is 4. The van der Waals surface area contributed by atoms with Gasteiger partial charge in [0.25, 0.3) is 5.56 Å². The van der Waals surface area contributed by atoms with Gasteiger partial charge < -0.3 is 11.1 Å². The molecule has 1 heterocycles. The van der Waals surface area contributed by atoms with E-state index in [1.165, 1.54) is 4.68 Å². The minimum atomic E-state index is -0.262. The van der Waals surface area contributed by atoms with Crippen molar-refractivity contribution < 1.29 is 0 Å². The van der Waals surface area contributed by atoms with Crippen LogP contribution in [0.25, 0.3) is 0 Å². The third-order valence-electron chi connectivity index (χ3n) is 3.16. The SMILES string of the molecule is CCCn1ncc(NCc2ccc(CN)cc2)c(Cl)c1=O. The van der Waals surface area contributed by atoms with E-state index in [4.69, 9.17) is 17.3 Å². The van der Waals surface area contributed by atoms with Gasteiger partial charge in [0.05, 0.1) is 11.9 Å². The molecule has 0 fully saturated rings. The molecule has 0 saturated carbocycles. The summed E-state index contributed by atoms with van der Waals surface area (Å²) in [5.41, 5.74) is 8.02. The van der Waals surface area contributed by atoms with Crippen molar-refractivity contribution >= 4 is 17.3 Å². The van der Waals surface area contributed by atoms with Crippen molar-refractivity contribution in [3.8, 4) is 0 Å². The predicted molar refractivity (Wildman–Crippen MR) is 85.5 cm³/mol. The molecule has 21 heavy (non-hydrogen) atoms. The van der Waals surface area contributed by atoms with Crippen LogP contribution in [0, 0.1) is 0 Å². The van der Waals surface area contributed by atoms with Crippen molar-refractivity contribution in [2.45, 2.75) is 33.0 Å². The third-order valence-corrected chi connectivity index (χ3v) is 3.53. The molecule has 0 saturated heterocycles. The van der Waals surface area contributed by atoms with Crippen LogP contribution in [0.2, 0.25) is 5.02 Å². The first-order valence-electron chi connectivity index (χ1n) is 6.93. The molecular formula is C15H19ClN4O. The van der Waals surface area contributed by atoms with Gasteiger partial charge in [0.1, 0.15) is 5.02 Å². The molecule has 5 nitrogen and oxygen atoms in total. The molecule has 0 aliphatic heterocycles. The summed E-state index contributed by atoms with van der Waals surface area (Å²) in [6, 6.07) is 7.95. The van der Waals surface area contributed by atoms with Gasteiger partial charge in [-0.2, -0.15) is 5.10 Å². The third kappa shape index (κ3) is 3.83. The maximum atomic E-state index is 12.0. The van der Waals surface area contributed by atoms with Crippen molar-refractivity contribution in [3.63, 3.8) is 0 Å². The highest BCUT2D eigenvalue weighted by atomic mass is 35.5. The van der Waals surface area contributed by atoms with E-state index in [0.29, 0.717) is 25.3 Å². The van der Waals surface area contributed by atoms with Gasteiger partial charge in [-0.3, -0.25) is 4.79 Å². The molecule has 0 aliphatic carbocycles. The van der Waals surface area contributed by atoms with E-state index in [0.717, 1.165) is 17.5 Å². The molecule has 0 radical (unpaired) electrons. The van der Waals surface area contributed by atoms with Gasteiger partial charge in [0, 0.05) is 19.6 Å². The van der Waals surface area contributed by atoms with Crippen LogP contribution in [0.1, 0.15) is 24.5 Å². The second kappa shape index (κ2) is 7.24. The molecular weight excluding hydrogens is 288 g/mol. The van der Waals surface area contributed by atoms with Crippen LogP contribution in [-0.2, 0) is 19.6 Å². The van der Waals surface area contributed by atoms with E-state index in [2.05, 4.69) is 10.4 Å². The van der Waals surface area contributed by atoms with Crippen LogP contribution in [0.3, 0.4) is 0 Å². The minimum Gasteiger partial charge on any atom is -0.378 e. The summed E-state index contributed by atoms with van der Waals surface area (Å²) in [5, 5.41) is 7.42. The van der Waals surface area contributed by atoms with E-state index in [9.17, 15) is 4.79 Å². The first-order valence-corrected chi connectivity index (χ1v) is 7.31. The smallest absolute Gasteiger partial charge is 0.287 e. The molecule has 0 atom stereocenters. The average Bonchev–Trinajstić information content (AvgIpc) is 2.52. The van der Waals surface area contributed by atoms with E-state index in [-0.39, 0.29) is 10.6 Å². The number of hydrogen-bond donors (Lipinski definition) is 2. The fourth-order valence-electron chi connectivity index (χ4n) is 1.95. The van der Waals surface area contributed by atoms with E-state index in [1.54, 1.807) is 6.20 Å². The van der Waals surface area contributed by atoms with Crippen molar-refractivity contribution in [1.82, 2.24) is 9.78 Å². The maximum absolute atomic E-state index is 12.0. The Morgan fingerprint density at radius 2 is 1.95 bits per heavy atom. The molecule has 0 amide bonds. The summed E-state index contributed by atoms with van der Waals surface area (Å²) in [6.07, 6.45) is 2.43. The van der Waals surface area contributed by atoms with Crippen molar-refractivity contribution in [2.75, 3.05) is 5.32 Å². The summed E-state index contributed by atoms with van der Waals surface area (Å²) >= 11 is 6.10. The number of aryl methyl sites for hydroxylation is 1. The summed E-state index contributed by atoms with van der Waals surface area (Å²) in [6.45, 7) is 3.65. The summed E-state index contributed by atoms with van der Waals surface area (Å²) < 4.78 is 1.38. The molecule has 2 aromatic rings. The lowest BCUT2D eigenvalue weighted by Gasteiger charge is -2.10. The Morgan fingerprint density at radius 3 is 2.57 bits per heavy atom. The van der Waals surface area contributed by atoms with Gasteiger partial charge in [-0.05, 0) is 17.5 Å². The monoisotopic (exact) mass is 306 g/mol. The largest absolute Gasteiger partial charge is 0.378 e. The number of benzene rings is 1. The molecule has 3 N–H and O–H groups in total. The number of anilines is 1. The van der Waals surface area contributed by atoms with Gasteiger partial charge in [-0.15, -0.1) is 0 Å². The minimum absolute atomic E-state index is 0.178. The molecule has 0 unspecified atom stereocenters. The maximum Gasteiger partial charge on any atom is 0.287 e. The number of nitrogens with one attached hydrogen (secondary N) is 1. The van der Waals surface area contributed by atoms with Gasteiger partial charge in [-0.25, -0.2) is 4.68 Å². The fourth-order valence-corrected chi connectivity index (χ4v) is 2.16. The Morgan fingerprint density at radius 1 is 1.29 bits per heavy atom. The summed E-state index contributed by atoms with van der Waals surface area (Å²) in [4.78, 5) is 12.0. The van der Waals surface area contributed by atoms with Crippen molar-refractivity contribution in [3.05, 3.63) is 57.0 Å². The van der Waals surface area contributed by atoms with Crippen molar-refractivity contribution in [1.29, 1.82) is 0 Å². The van der Waals surface area contributed by atoms with Crippen LogP contribution in [0.5, 0.6) is 0 Å². The molecule has 6 heteroatoms. The summed E-state index contributed by atoms with van der Waals surface area (Å²) in [7, 11) is 0. The number of rotatable bonds is 6. The van der Waals surface area contributed by atoms with Gasteiger partial charge in [0.2, 0.25) is 0 Å². The number of nitrogens with zero attached hydrogens (tertiary/aromatic N) is 2. The Bertz CT molecular complexity index is 652. The Balaban J connectivity index is 2.09. The van der Waals surface area contributed by atoms with Gasteiger partial charge >= 0.3 is 0 Å². The Kier molecular flexibility index (Phi) is 5.36. The second-order valence-electron chi connectivity index (χ2n) is 4.77. The zero-order chi connectivity index (χ0) is 15.2. The topological polar surface area (TPSA) is 72.9 Å². The second-order valence-corrected chi connectivity index (χ2v) is 5.15. The normalized spacial score (nSPS) is 10.6. The molecule has 112 valence electrons. The number of nitrogens with two attached hydrogens (primary N) is 1. The molecule has 1 aromatic heterocycles. The zero-order valence-electron chi connectivity index (χ0n) is 12.0. The molecule has 0 aliphatic rings. The highest BCUT2D eigenvalue weighted by Gasteiger charge is 2.08. The van der Waals surface area contributed by atoms with Crippen LogP contribution < -0.4 is 16.6 Å². The summed E-state index contributed by atoms with van der Waals surface area (Å²) in [5.74, 6) is 0. The zero-order valence-corrected chi connectivity index (χ0v) is 12.7. The van der Waals surface area contributed by atoms with E-state index >= 15 is 0 Å². The van der Waals surface area contributed by atoms with Crippen LogP contribution in [-0.4, -0.2) is 9.78 Å². The van der Waals surface area contributed by atoms with Crippen LogP contribution in [0.4, 0.5) is 5.69 Å². The number of aromatic nitrogens is 2. The standard InChI is InChI=1S/C15H19ClN4O/c1-2-7-20-15(21)14(16)13(10-19-20)18-9-12-5-3-11(8-17)4-6-12/h3-6,10,18H,2,7-9,17H2,1H3. The molecule has 2 rings (SSSR count). The van der Waals surface area contributed by atoms with Crippen LogP contribution in [0.15, 0.2) is 35.3 Å². The first-order chi connectivity index (χ1) is 10.2. The first kappa shape index (κ1) is 15.5. The quantitative estimate of drug-likeness (QED) is 0.859.